The quantitative estimate of drug-likeness (QED) is 0.476. The predicted octanol–water partition coefficient (Wildman–Crippen LogP) is 0.834. The van der Waals surface area contributed by atoms with Crippen molar-refractivity contribution in [3.8, 4) is 12.3 Å². The van der Waals surface area contributed by atoms with E-state index in [2.05, 4.69) is 23.9 Å². The number of amides is 1. The Bertz CT molecular complexity index is 162. The van der Waals surface area contributed by atoms with Crippen molar-refractivity contribution in [1.29, 1.82) is 0 Å². The molecule has 0 radical (unpaired) electrons. The van der Waals surface area contributed by atoms with Gasteiger partial charge in [-0.1, -0.05) is 19.3 Å². The summed E-state index contributed by atoms with van der Waals surface area (Å²) in [6, 6.07) is -0.125. The normalized spacial score (nSPS) is 11.7. The Morgan fingerprint density at radius 2 is 2.45 bits per heavy atom. The molecular formula is C8H13NOS. The van der Waals surface area contributed by atoms with Crippen LogP contribution in [0.5, 0.6) is 0 Å². The molecule has 1 N–H and O–H groups in total. The molecule has 0 aliphatic rings. The van der Waals surface area contributed by atoms with Crippen molar-refractivity contribution in [2.75, 3.05) is 5.75 Å². The van der Waals surface area contributed by atoms with E-state index in [-0.39, 0.29) is 17.7 Å². The molecule has 0 saturated heterocycles. The van der Waals surface area contributed by atoms with Crippen molar-refractivity contribution >= 4 is 18.5 Å². The first kappa shape index (κ1) is 10.4. The highest BCUT2D eigenvalue weighted by molar-refractivity contribution is 7.81. The second-order valence-electron chi connectivity index (χ2n) is 2.23. The maximum atomic E-state index is 10.8. The van der Waals surface area contributed by atoms with Gasteiger partial charge in [-0.15, -0.1) is 6.42 Å². The number of nitrogens with one attached hydrogen (secondary N) is 1. The molecule has 0 rings (SSSR count). The van der Waals surface area contributed by atoms with Crippen molar-refractivity contribution in [3.05, 3.63) is 0 Å². The Labute approximate surface area is 73.2 Å². The molecule has 0 aliphatic carbocycles. The van der Waals surface area contributed by atoms with E-state index in [9.17, 15) is 4.79 Å². The lowest BCUT2D eigenvalue weighted by molar-refractivity contribution is -0.118. The Morgan fingerprint density at radius 3 is 2.82 bits per heavy atom. The van der Waals surface area contributed by atoms with Crippen molar-refractivity contribution in [2.45, 2.75) is 25.8 Å². The van der Waals surface area contributed by atoms with Gasteiger partial charge in [0.1, 0.15) is 0 Å². The third-order valence-corrected chi connectivity index (χ3v) is 1.54. The minimum absolute atomic E-state index is 0.107. The van der Waals surface area contributed by atoms with Gasteiger partial charge in [-0.2, -0.15) is 12.6 Å². The molecule has 0 aromatic carbocycles. The summed E-state index contributed by atoms with van der Waals surface area (Å²) < 4.78 is 0. The van der Waals surface area contributed by atoms with Crippen LogP contribution in [0.15, 0.2) is 0 Å². The van der Waals surface area contributed by atoms with E-state index in [1.165, 1.54) is 0 Å². The van der Waals surface area contributed by atoms with Crippen LogP contribution in [-0.2, 0) is 4.79 Å². The SMILES string of the molecule is C#CC(CCC)NC(=O)CS. The lowest BCUT2D eigenvalue weighted by Gasteiger charge is -2.09. The van der Waals surface area contributed by atoms with Crippen LogP contribution in [0.1, 0.15) is 19.8 Å². The third kappa shape index (κ3) is 4.74. The van der Waals surface area contributed by atoms with Crippen molar-refractivity contribution in [3.63, 3.8) is 0 Å². The summed E-state index contributed by atoms with van der Waals surface area (Å²) in [6.07, 6.45) is 6.98. The lowest BCUT2D eigenvalue weighted by Crippen LogP contribution is -2.34. The zero-order valence-electron chi connectivity index (χ0n) is 6.63. The predicted molar refractivity (Wildman–Crippen MR) is 49.5 cm³/mol. The van der Waals surface area contributed by atoms with Crippen LogP contribution < -0.4 is 5.32 Å². The molecule has 3 heteroatoms. The lowest BCUT2D eigenvalue weighted by atomic mass is 10.2. The first-order valence-electron chi connectivity index (χ1n) is 3.61. The minimum atomic E-state index is -0.125. The Kier molecular flexibility index (Phi) is 5.77. The fourth-order valence-electron chi connectivity index (χ4n) is 0.726. The Hall–Kier alpha value is -0.620. The van der Waals surface area contributed by atoms with Gasteiger partial charge in [0.2, 0.25) is 5.91 Å². The largest absolute Gasteiger partial charge is 0.342 e. The monoisotopic (exact) mass is 171 g/mol. The zero-order chi connectivity index (χ0) is 8.69. The highest BCUT2D eigenvalue weighted by Gasteiger charge is 2.05. The van der Waals surface area contributed by atoms with Gasteiger partial charge < -0.3 is 5.32 Å². The minimum Gasteiger partial charge on any atom is -0.342 e. The van der Waals surface area contributed by atoms with Gasteiger partial charge in [0.05, 0.1) is 11.8 Å². The summed E-state index contributed by atoms with van der Waals surface area (Å²) in [5.74, 6) is 2.59. The fourth-order valence-corrected chi connectivity index (χ4v) is 0.817. The molecule has 0 aliphatic heterocycles. The van der Waals surface area contributed by atoms with Crippen LogP contribution in [0.3, 0.4) is 0 Å². The summed E-state index contributed by atoms with van der Waals surface area (Å²) in [4.78, 5) is 10.8. The summed E-state index contributed by atoms with van der Waals surface area (Å²) in [6.45, 7) is 2.02. The van der Waals surface area contributed by atoms with Crippen LogP contribution >= 0.6 is 12.6 Å². The van der Waals surface area contributed by atoms with Crippen LogP contribution in [0.25, 0.3) is 0 Å². The van der Waals surface area contributed by atoms with Crippen molar-refractivity contribution in [2.24, 2.45) is 0 Å². The van der Waals surface area contributed by atoms with E-state index in [1.807, 2.05) is 6.92 Å². The highest BCUT2D eigenvalue weighted by atomic mass is 32.1. The van der Waals surface area contributed by atoms with Crippen LogP contribution in [0.4, 0.5) is 0 Å². The van der Waals surface area contributed by atoms with E-state index in [1.54, 1.807) is 0 Å². The summed E-state index contributed by atoms with van der Waals surface area (Å²) >= 11 is 3.82. The molecule has 62 valence electrons. The Morgan fingerprint density at radius 1 is 1.82 bits per heavy atom. The molecule has 0 fully saturated rings. The van der Waals surface area contributed by atoms with E-state index in [0.29, 0.717) is 0 Å². The van der Waals surface area contributed by atoms with Gasteiger partial charge in [0.25, 0.3) is 0 Å². The molecule has 0 heterocycles. The highest BCUT2D eigenvalue weighted by Crippen LogP contribution is 1.94. The molecule has 1 atom stereocenters. The van der Waals surface area contributed by atoms with Crippen LogP contribution in [-0.4, -0.2) is 17.7 Å². The first-order chi connectivity index (χ1) is 5.24. The second kappa shape index (κ2) is 6.11. The summed E-state index contributed by atoms with van der Waals surface area (Å²) in [5.41, 5.74) is 0. The molecule has 2 nitrogen and oxygen atoms in total. The maximum absolute atomic E-state index is 10.8. The average Bonchev–Trinajstić information content (AvgIpc) is 2.03. The van der Waals surface area contributed by atoms with E-state index in [0.717, 1.165) is 12.8 Å². The van der Waals surface area contributed by atoms with E-state index < -0.39 is 0 Å². The third-order valence-electron chi connectivity index (χ3n) is 1.26. The molecule has 1 amide bonds. The number of hydrogen-bond acceptors (Lipinski definition) is 2. The molecule has 0 aromatic rings. The van der Waals surface area contributed by atoms with Crippen LogP contribution in [0, 0.1) is 12.3 Å². The molecule has 11 heavy (non-hydrogen) atoms. The van der Waals surface area contributed by atoms with Gasteiger partial charge in [0, 0.05) is 0 Å². The van der Waals surface area contributed by atoms with Gasteiger partial charge in [0.15, 0.2) is 0 Å². The number of rotatable bonds is 4. The standard InChI is InChI=1S/C8H13NOS/c1-3-5-7(4-2)9-8(10)6-11/h2,7,11H,3,5-6H2,1H3,(H,9,10). The smallest absolute Gasteiger partial charge is 0.230 e. The fraction of sp³-hybridized carbons (Fsp3) is 0.625. The number of hydrogen-bond donors (Lipinski definition) is 2. The number of carbonyl (C=O) groups excluding carboxylic acids is 1. The maximum Gasteiger partial charge on any atom is 0.230 e. The summed E-state index contributed by atoms with van der Waals surface area (Å²) in [5, 5.41) is 2.67. The van der Waals surface area contributed by atoms with Gasteiger partial charge in [-0.3, -0.25) is 4.79 Å². The van der Waals surface area contributed by atoms with Crippen LogP contribution in [0.2, 0.25) is 0 Å². The molecular weight excluding hydrogens is 158 g/mol. The van der Waals surface area contributed by atoms with Crippen molar-refractivity contribution < 1.29 is 4.79 Å². The van der Waals surface area contributed by atoms with Gasteiger partial charge in [-0.25, -0.2) is 0 Å². The molecule has 1 unspecified atom stereocenters. The molecule has 0 aromatic heterocycles. The molecule has 0 spiro atoms. The number of terminal acetylenes is 1. The topological polar surface area (TPSA) is 29.1 Å². The van der Waals surface area contributed by atoms with E-state index >= 15 is 0 Å². The first-order valence-corrected chi connectivity index (χ1v) is 4.24. The van der Waals surface area contributed by atoms with Gasteiger partial charge in [-0.05, 0) is 6.42 Å². The summed E-state index contributed by atoms with van der Waals surface area (Å²) in [7, 11) is 0. The number of carbonyl (C=O) groups is 1. The van der Waals surface area contributed by atoms with Crippen molar-refractivity contribution in [1.82, 2.24) is 5.32 Å². The second-order valence-corrected chi connectivity index (χ2v) is 2.55. The molecule has 0 bridgehead atoms. The zero-order valence-corrected chi connectivity index (χ0v) is 7.53. The van der Waals surface area contributed by atoms with E-state index in [4.69, 9.17) is 6.42 Å². The number of thiol groups is 1. The average molecular weight is 171 g/mol. The molecule has 0 saturated carbocycles. The Balaban J connectivity index is 3.70. The van der Waals surface area contributed by atoms with Gasteiger partial charge >= 0.3 is 0 Å².